The summed E-state index contributed by atoms with van der Waals surface area (Å²) in [6.07, 6.45) is 0.770. The minimum atomic E-state index is -1.46. The normalized spacial score (nSPS) is 33.0. The number of rotatable bonds is 4. The molecule has 140 valence electrons. The molecule has 0 unspecified atom stereocenters. The molecule has 0 saturated carbocycles. The lowest BCUT2D eigenvalue weighted by Crippen LogP contribution is -2.43. The van der Waals surface area contributed by atoms with E-state index in [0.717, 1.165) is 0 Å². The average Bonchev–Trinajstić information content (AvgIpc) is 2.88. The van der Waals surface area contributed by atoms with Crippen LogP contribution in [0.4, 0.5) is 0 Å². The quantitative estimate of drug-likeness (QED) is 0.329. The zero-order valence-corrected chi connectivity index (χ0v) is 14.5. The monoisotopic (exact) mass is 362 g/mol. The van der Waals surface area contributed by atoms with E-state index in [-0.39, 0.29) is 23.3 Å². The molecular weight excluding hydrogens is 340 g/mol. The fourth-order valence-corrected chi connectivity index (χ4v) is 2.99. The van der Waals surface area contributed by atoms with E-state index in [1.165, 1.54) is 13.0 Å². The fraction of sp³-hybridized carbons (Fsp3) is 0.421. The molecule has 0 bridgehead atoms. The molecule has 1 aliphatic heterocycles. The highest BCUT2D eigenvalue weighted by Crippen LogP contribution is 2.36. The molecule has 0 amide bonds. The molecule has 1 fully saturated rings. The summed E-state index contributed by atoms with van der Waals surface area (Å²) in [6.45, 7) is 8.37. The summed E-state index contributed by atoms with van der Waals surface area (Å²) in [5.41, 5.74) is 0.748. The molecular formula is C19H22O7. The first kappa shape index (κ1) is 19.8. The van der Waals surface area contributed by atoms with Crippen molar-refractivity contribution in [2.24, 2.45) is 5.92 Å². The minimum absolute atomic E-state index is 0.0212. The number of aliphatic hydroxyl groups excluding tert-OH is 2. The second kappa shape index (κ2) is 8.25. The molecule has 2 aliphatic rings. The Morgan fingerprint density at radius 2 is 2.19 bits per heavy atom. The minimum Gasteiger partial charge on any atom is -0.455 e. The lowest BCUT2D eigenvalue weighted by molar-refractivity contribution is -0.153. The standard InChI is InChI=1S/C19H22O7/c1-10(2)18(23)26-17-15-11(3)19(24)25-14(15)7-12(8-20)5-4-6-13(9-21)16(17)22/h6-7,9,14-17,20,22H,1,3-5,8H2,2H3/b12-7+,13-6-/t14-,15+,16-,17+/m1/s1. The topological polar surface area (TPSA) is 110 Å². The first-order valence-electron chi connectivity index (χ1n) is 8.20. The number of fused-ring (bicyclic) bond motifs is 1. The van der Waals surface area contributed by atoms with Crippen molar-refractivity contribution in [3.8, 4) is 0 Å². The molecule has 0 aromatic heterocycles. The highest BCUT2D eigenvalue weighted by Gasteiger charge is 2.48. The molecule has 7 nitrogen and oxygen atoms in total. The lowest BCUT2D eigenvalue weighted by Gasteiger charge is -2.30. The van der Waals surface area contributed by atoms with Crippen molar-refractivity contribution in [2.45, 2.75) is 38.1 Å². The Hall–Kier alpha value is -2.51. The van der Waals surface area contributed by atoms with Crippen LogP contribution in [0.2, 0.25) is 0 Å². The molecule has 1 saturated heterocycles. The first-order chi connectivity index (χ1) is 12.3. The third kappa shape index (κ3) is 4.00. The van der Waals surface area contributed by atoms with Gasteiger partial charge in [0.1, 0.15) is 24.6 Å². The van der Waals surface area contributed by atoms with Crippen molar-refractivity contribution >= 4 is 18.2 Å². The van der Waals surface area contributed by atoms with Gasteiger partial charge in [0.05, 0.1) is 12.5 Å². The number of ether oxygens (including phenoxy) is 2. The third-order valence-electron chi connectivity index (χ3n) is 4.44. The number of allylic oxidation sites excluding steroid dienone is 1. The Bertz CT molecular complexity index is 701. The maximum Gasteiger partial charge on any atom is 0.334 e. The van der Waals surface area contributed by atoms with E-state index >= 15 is 0 Å². The van der Waals surface area contributed by atoms with E-state index < -0.39 is 36.2 Å². The number of aldehydes is 1. The van der Waals surface area contributed by atoms with E-state index in [0.29, 0.717) is 24.7 Å². The highest BCUT2D eigenvalue weighted by atomic mass is 16.6. The van der Waals surface area contributed by atoms with Crippen LogP contribution in [-0.4, -0.2) is 53.4 Å². The zero-order chi connectivity index (χ0) is 19.4. The van der Waals surface area contributed by atoms with E-state index in [1.54, 1.807) is 6.08 Å². The number of esters is 2. The maximum absolute atomic E-state index is 12.0. The Balaban J connectivity index is 2.54. The van der Waals surface area contributed by atoms with Gasteiger partial charge in [-0.1, -0.05) is 19.2 Å². The van der Waals surface area contributed by atoms with Crippen LogP contribution >= 0.6 is 0 Å². The van der Waals surface area contributed by atoms with Gasteiger partial charge >= 0.3 is 11.9 Å². The molecule has 2 rings (SSSR count). The Morgan fingerprint density at radius 3 is 2.77 bits per heavy atom. The van der Waals surface area contributed by atoms with Gasteiger partial charge in [0.15, 0.2) is 0 Å². The van der Waals surface area contributed by atoms with Gasteiger partial charge in [0, 0.05) is 16.7 Å². The van der Waals surface area contributed by atoms with Crippen LogP contribution in [0.25, 0.3) is 0 Å². The number of hydrogen-bond donors (Lipinski definition) is 2. The van der Waals surface area contributed by atoms with Crippen molar-refractivity contribution in [1.29, 1.82) is 0 Å². The van der Waals surface area contributed by atoms with E-state index in [1.807, 2.05) is 0 Å². The molecule has 4 atom stereocenters. The van der Waals surface area contributed by atoms with Crippen LogP contribution in [0, 0.1) is 5.92 Å². The van der Waals surface area contributed by atoms with Crippen molar-refractivity contribution in [1.82, 2.24) is 0 Å². The first-order valence-corrected chi connectivity index (χ1v) is 8.20. The van der Waals surface area contributed by atoms with Crippen LogP contribution in [0.1, 0.15) is 19.8 Å². The zero-order valence-electron chi connectivity index (χ0n) is 14.5. The summed E-state index contributed by atoms with van der Waals surface area (Å²) >= 11 is 0. The Morgan fingerprint density at radius 1 is 1.50 bits per heavy atom. The molecule has 0 aromatic rings. The maximum atomic E-state index is 12.0. The van der Waals surface area contributed by atoms with Gasteiger partial charge in [-0.25, -0.2) is 9.59 Å². The lowest BCUT2D eigenvalue weighted by atomic mass is 9.83. The van der Waals surface area contributed by atoms with E-state index in [9.17, 15) is 24.6 Å². The van der Waals surface area contributed by atoms with Gasteiger partial charge in [-0.15, -0.1) is 0 Å². The van der Waals surface area contributed by atoms with Gasteiger partial charge in [-0.05, 0) is 31.4 Å². The van der Waals surface area contributed by atoms with Crippen molar-refractivity contribution in [2.75, 3.05) is 6.61 Å². The van der Waals surface area contributed by atoms with Crippen molar-refractivity contribution < 1.29 is 34.1 Å². The van der Waals surface area contributed by atoms with Crippen molar-refractivity contribution in [3.05, 3.63) is 47.6 Å². The summed E-state index contributed by atoms with van der Waals surface area (Å²) in [7, 11) is 0. The van der Waals surface area contributed by atoms with E-state index in [2.05, 4.69) is 13.2 Å². The number of aliphatic hydroxyl groups is 2. The smallest absolute Gasteiger partial charge is 0.334 e. The van der Waals surface area contributed by atoms with Crippen LogP contribution in [0.5, 0.6) is 0 Å². The van der Waals surface area contributed by atoms with Crippen LogP contribution in [0.15, 0.2) is 47.6 Å². The molecule has 7 heteroatoms. The van der Waals surface area contributed by atoms with Crippen LogP contribution in [-0.2, 0) is 23.9 Å². The van der Waals surface area contributed by atoms with Gasteiger partial charge in [-0.3, -0.25) is 4.79 Å². The average molecular weight is 362 g/mol. The molecule has 0 radical (unpaired) electrons. The second-order valence-electron chi connectivity index (χ2n) is 6.36. The summed E-state index contributed by atoms with van der Waals surface area (Å²) in [6, 6.07) is 0. The largest absolute Gasteiger partial charge is 0.455 e. The fourth-order valence-electron chi connectivity index (χ4n) is 2.99. The molecule has 26 heavy (non-hydrogen) atoms. The number of carbonyl (C=O) groups excluding carboxylic acids is 3. The molecule has 2 N–H and O–H groups in total. The van der Waals surface area contributed by atoms with Crippen molar-refractivity contribution in [3.63, 3.8) is 0 Å². The predicted molar refractivity (Wildman–Crippen MR) is 91.8 cm³/mol. The summed E-state index contributed by atoms with van der Waals surface area (Å²) < 4.78 is 10.6. The van der Waals surface area contributed by atoms with Gasteiger partial charge in [-0.2, -0.15) is 0 Å². The van der Waals surface area contributed by atoms with Gasteiger partial charge < -0.3 is 19.7 Å². The number of hydrogen-bond acceptors (Lipinski definition) is 7. The molecule has 1 aliphatic carbocycles. The molecule has 1 heterocycles. The Kier molecular flexibility index (Phi) is 6.28. The molecule has 0 spiro atoms. The third-order valence-corrected chi connectivity index (χ3v) is 4.44. The van der Waals surface area contributed by atoms with Gasteiger partial charge in [0.2, 0.25) is 0 Å². The van der Waals surface area contributed by atoms with Gasteiger partial charge in [0.25, 0.3) is 0 Å². The van der Waals surface area contributed by atoms with Crippen LogP contribution < -0.4 is 0 Å². The predicted octanol–water partition coefficient (Wildman–Crippen LogP) is 0.771. The number of carbonyl (C=O) groups is 3. The summed E-state index contributed by atoms with van der Waals surface area (Å²) in [5.74, 6) is -2.36. The highest BCUT2D eigenvalue weighted by molar-refractivity contribution is 5.92. The second-order valence-corrected chi connectivity index (χ2v) is 6.36. The van der Waals surface area contributed by atoms with E-state index in [4.69, 9.17) is 9.47 Å². The summed E-state index contributed by atoms with van der Waals surface area (Å²) in [5, 5.41) is 20.2. The molecule has 0 aromatic carbocycles. The Labute approximate surface area is 151 Å². The van der Waals surface area contributed by atoms with Crippen LogP contribution in [0.3, 0.4) is 0 Å². The summed E-state index contributed by atoms with van der Waals surface area (Å²) in [4.78, 5) is 35.5. The SMILES string of the molecule is C=C(C)C(=O)O[C@H]1[C@H]2C(=C)C(=O)O[C@@H]2/C=C(/CO)CC/C=C(/C=O)[C@H]1O.